The van der Waals surface area contributed by atoms with Crippen LogP contribution in [0.3, 0.4) is 0 Å². The number of hydrogen-bond donors (Lipinski definition) is 0. The lowest BCUT2D eigenvalue weighted by Crippen LogP contribution is -2.48. The average molecular weight is 345 g/mol. The van der Waals surface area contributed by atoms with Crippen molar-refractivity contribution in [2.45, 2.75) is 69.3 Å². The summed E-state index contributed by atoms with van der Waals surface area (Å²) >= 11 is 3.41. The molecule has 1 aliphatic heterocycles. The van der Waals surface area contributed by atoms with Gasteiger partial charge < -0.3 is 4.90 Å². The molecule has 1 aliphatic carbocycles. The van der Waals surface area contributed by atoms with E-state index in [2.05, 4.69) is 22.9 Å². The minimum Gasteiger partial charge on any atom is -0.323 e. The number of hydrogen-bond acceptors (Lipinski definition) is 2. The number of likely N-dealkylation sites (N-methyl/N-ethyl adjacent to an activating group) is 1. The number of amides is 3. The summed E-state index contributed by atoms with van der Waals surface area (Å²) in [4.78, 5) is 28.0. The van der Waals surface area contributed by atoms with Gasteiger partial charge >= 0.3 is 6.03 Å². The number of imide groups is 1. The van der Waals surface area contributed by atoms with Crippen LogP contribution in [0.25, 0.3) is 0 Å². The predicted molar refractivity (Wildman–Crippen MR) is 82.8 cm³/mol. The van der Waals surface area contributed by atoms with Gasteiger partial charge in [0.2, 0.25) is 5.91 Å². The predicted octanol–water partition coefficient (Wildman–Crippen LogP) is 3.39. The smallest absolute Gasteiger partial charge is 0.323 e. The first-order chi connectivity index (χ1) is 9.49. The van der Waals surface area contributed by atoms with E-state index in [1.807, 2.05) is 14.0 Å². The average Bonchev–Trinajstić information content (AvgIpc) is 2.70. The SMILES string of the molecule is CC[C@H](Br)C(=O)N1C(=O)N(C)[C@@H](C)[C@H]1C1CCCCC1. The quantitative estimate of drug-likeness (QED) is 0.736. The van der Waals surface area contributed by atoms with Crippen LogP contribution in [0.4, 0.5) is 4.79 Å². The number of halogens is 1. The molecule has 0 aromatic carbocycles. The molecule has 0 N–H and O–H groups in total. The van der Waals surface area contributed by atoms with Crippen LogP contribution in [0, 0.1) is 5.92 Å². The molecule has 0 spiro atoms. The highest BCUT2D eigenvalue weighted by Crippen LogP contribution is 2.36. The van der Waals surface area contributed by atoms with Crippen molar-refractivity contribution in [1.82, 2.24) is 9.80 Å². The summed E-state index contributed by atoms with van der Waals surface area (Å²) in [6.07, 6.45) is 6.71. The molecular weight excluding hydrogens is 320 g/mol. The number of nitrogens with zero attached hydrogens (tertiary/aromatic N) is 2. The molecule has 2 aliphatic rings. The second-order valence-corrected chi connectivity index (χ2v) is 7.21. The molecule has 1 saturated carbocycles. The van der Waals surface area contributed by atoms with Gasteiger partial charge in [-0.05, 0) is 32.1 Å². The van der Waals surface area contributed by atoms with Gasteiger partial charge in [0, 0.05) is 7.05 Å². The van der Waals surface area contributed by atoms with E-state index >= 15 is 0 Å². The van der Waals surface area contributed by atoms with Crippen molar-refractivity contribution >= 4 is 27.9 Å². The molecule has 2 fully saturated rings. The maximum absolute atomic E-state index is 12.6. The second kappa shape index (κ2) is 6.46. The number of alkyl halides is 1. The van der Waals surface area contributed by atoms with E-state index in [0.717, 1.165) is 12.8 Å². The summed E-state index contributed by atoms with van der Waals surface area (Å²) < 4.78 is 0. The first kappa shape index (κ1) is 15.8. The van der Waals surface area contributed by atoms with Crippen molar-refractivity contribution in [3.8, 4) is 0 Å². The standard InChI is InChI=1S/C15H25BrN2O2/c1-4-12(16)14(19)18-13(10(2)17(3)15(18)20)11-8-6-5-7-9-11/h10-13H,4-9H2,1-3H3/t10-,12-,13-/m0/s1. The zero-order valence-electron chi connectivity index (χ0n) is 12.6. The highest BCUT2D eigenvalue weighted by molar-refractivity contribution is 9.10. The summed E-state index contributed by atoms with van der Waals surface area (Å²) in [5.74, 6) is 0.400. The van der Waals surface area contributed by atoms with Gasteiger partial charge in [-0.1, -0.05) is 42.1 Å². The number of urea groups is 1. The molecule has 3 atom stereocenters. The largest absolute Gasteiger partial charge is 0.327 e. The zero-order chi connectivity index (χ0) is 14.9. The Balaban J connectivity index is 2.24. The van der Waals surface area contributed by atoms with Gasteiger partial charge in [-0.25, -0.2) is 4.79 Å². The molecular formula is C15H25BrN2O2. The highest BCUT2D eigenvalue weighted by Gasteiger charge is 2.49. The van der Waals surface area contributed by atoms with Crippen LogP contribution in [0.1, 0.15) is 52.4 Å². The minimum atomic E-state index is -0.253. The number of rotatable bonds is 3. The summed E-state index contributed by atoms with van der Waals surface area (Å²) in [6.45, 7) is 4.03. The van der Waals surface area contributed by atoms with Gasteiger partial charge in [-0.3, -0.25) is 9.69 Å². The van der Waals surface area contributed by atoms with E-state index in [-0.39, 0.29) is 28.8 Å². The molecule has 0 aromatic rings. The third-order valence-corrected chi connectivity index (χ3v) is 5.95. The van der Waals surface area contributed by atoms with Crippen LogP contribution in [0.15, 0.2) is 0 Å². The summed E-state index contributed by atoms with van der Waals surface area (Å²) in [5, 5.41) is 0. The molecule has 0 radical (unpaired) electrons. The molecule has 3 amide bonds. The van der Waals surface area contributed by atoms with Crippen LogP contribution in [0.5, 0.6) is 0 Å². The lowest BCUT2D eigenvalue weighted by molar-refractivity contribution is -0.129. The van der Waals surface area contributed by atoms with Crippen molar-refractivity contribution in [3.05, 3.63) is 0 Å². The third-order valence-electron chi connectivity index (χ3n) is 4.91. The van der Waals surface area contributed by atoms with Gasteiger partial charge in [0.25, 0.3) is 0 Å². The summed E-state index contributed by atoms with van der Waals surface area (Å²) in [7, 11) is 1.81. The van der Waals surface area contributed by atoms with Crippen molar-refractivity contribution < 1.29 is 9.59 Å². The fourth-order valence-corrected chi connectivity index (χ4v) is 3.78. The lowest BCUT2D eigenvalue weighted by Gasteiger charge is -2.34. The third kappa shape index (κ3) is 2.74. The Bertz CT molecular complexity index is 382. The van der Waals surface area contributed by atoms with Crippen LogP contribution in [-0.2, 0) is 4.79 Å². The molecule has 0 aromatic heterocycles. The van der Waals surface area contributed by atoms with E-state index < -0.39 is 0 Å². The van der Waals surface area contributed by atoms with E-state index in [1.165, 1.54) is 19.3 Å². The molecule has 114 valence electrons. The van der Waals surface area contributed by atoms with Crippen LogP contribution < -0.4 is 0 Å². The first-order valence-corrected chi connectivity index (χ1v) is 8.64. The Morgan fingerprint density at radius 2 is 1.95 bits per heavy atom. The molecule has 1 saturated heterocycles. The van der Waals surface area contributed by atoms with Gasteiger partial charge in [0.05, 0.1) is 16.9 Å². The van der Waals surface area contributed by atoms with Gasteiger partial charge in [-0.2, -0.15) is 0 Å². The lowest BCUT2D eigenvalue weighted by atomic mass is 9.81. The van der Waals surface area contributed by atoms with Crippen molar-refractivity contribution in [1.29, 1.82) is 0 Å². The fraction of sp³-hybridized carbons (Fsp3) is 0.867. The van der Waals surface area contributed by atoms with Crippen molar-refractivity contribution in [2.24, 2.45) is 5.92 Å². The maximum Gasteiger partial charge on any atom is 0.327 e. The van der Waals surface area contributed by atoms with Crippen LogP contribution in [-0.4, -0.2) is 45.7 Å². The molecule has 2 rings (SSSR count). The molecule has 20 heavy (non-hydrogen) atoms. The monoisotopic (exact) mass is 344 g/mol. The first-order valence-electron chi connectivity index (χ1n) is 7.73. The van der Waals surface area contributed by atoms with Crippen LogP contribution in [0.2, 0.25) is 0 Å². The Morgan fingerprint density at radius 3 is 2.50 bits per heavy atom. The highest BCUT2D eigenvalue weighted by atomic mass is 79.9. The van der Waals surface area contributed by atoms with Gasteiger partial charge in [-0.15, -0.1) is 0 Å². The molecule has 4 nitrogen and oxygen atoms in total. The van der Waals surface area contributed by atoms with Crippen LogP contribution >= 0.6 is 15.9 Å². The molecule has 1 heterocycles. The fourth-order valence-electron chi connectivity index (χ4n) is 3.56. The zero-order valence-corrected chi connectivity index (χ0v) is 14.2. The van der Waals surface area contributed by atoms with Gasteiger partial charge in [0.1, 0.15) is 0 Å². The Morgan fingerprint density at radius 1 is 1.35 bits per heavy atom. The van der Waals surface area contributed by atoms with Gasteiger partial charge in [0.15, 0.2) is 0 Å². The second-order valence-electron chi connectivity index (χ2n) is 6.11. The Labute approximate surface area is 130 Å². The van der Waals surface area contributed by atoms with E-state index in [9.17, 15) is 9.59 Å². The van der Waals surface area contributed by atoms with Crippen molar-refractivity contribution in [2.75, 3.05) is 7.05 Å². The van der Waals surface area contributed by atoms with E-state index in [1.54, 1.807) is 9.80 Å². The minimum absolute atomic E-state index is 0.0481. The number of carbonyl (C=O) groups excluding carboxylic acids is 2. The maximum atomic E-state index is 12.6. The Kier molecular flexibility index (Phi) is 5.10. The topological polar surface area (TPSA) is 40.6 Å². The van der Waals surface area contributed by atoms with E-state index in [0.29, 0.717) is 12.3 Å². The molecule has 0 bridgehead atoms. The number of carbonyl (C=O) groups is 2. The summed E-state index contributed by atoms with van der Waals surface area (Å²) in [5.41, 5.74) is 0. The molecule has 0 unspecified atom stereocenters. The Hall–Kier alpha value is -0.580. The van der Waals surface area contributed by atoms with Crippen molar-refractivity contribution in [3.63, 3.8) is 0 Å². The van der Waals surface area contributed by atoms with E-state index in [4.69, 9.17) is 0 Å². The molecule has 5 heteroatoms. The summed E-state index contributed by atoms with van der Waals surface area (Å²) in [6, 6.07) is 0.0361. The normalized spacial score (nSPS) is 29.9.